The van der Waals surface area contributed by atoms with Crippen LogP contribution in [0.1, 0.15) is 37.7 Å². The molecule has 4 heterocycles. The SMILES string of the molecule is O=C(O)CC1CNC(CC(=O)O)C(Cc2ccc(NC(=S)NCCOCCOCCOCCOCCOCCOCCOCCNC(=O)CCC(=O)Nc3ccc(-c4nnc(-c5ccccn5)nn4)nc3)cc2)NC(CC(=O)O)CN1. The molecule has 0 saturated carbocycles. The maximum absolute atomic E-state index is 12.4. The molecule has 442 valence electrons. The molecule has 2 amide bonds. The van der Waals surface area contributed by atoms with Crippen LogP contribution in [0.15, 0.2) is 67.0 Å². The number of rotatable bonds is 39. The van der Waals surface area contributed by atoms with E-state index in [1.165, 1.54) is 6.20 Å². The summed E-state index contributed by atoms with van der Waals surface area (Å²) in [7, 11) is 0. The number of carboxylic acids is 3. The Labute approximate surface area is 473 Å². The second-order valence-corrected chi connectivity index (χ2v) is 18.5. The molecule has 4 aromatic rings. The summed E-state index contributed by atoms with van der Waals surface area (Å²) in [5.41, 5.74) is 3.03. The van der Waals surface area contributed by atoms with Crippen LogP contribution in [0.4, 0.5) is 11.4 Å². The van der Waals surface area contributed by atoms with Gasteiger partial charge in [0.25, 0.3) is 0 Å². The summed E-state index contributed by atoms with van der Waals surface area (Å²) in [4.78, 5) is 67.9. The van der Waals surface area contributed by atoms with Crippen molar-refractivity contribution in [2.24, 2.45) is 0 Å². The number of hydrogen-bond donors (Lipinski definition) is 10. The van der Waals surface area contributed by atoms with Crippen molar-refractivity contribution < 1.29 is 72.5 Å². The average Bonchev–Trinajstić information content (AvgIpc) is 3.52. The molecule has 4 atom stereocenters. The average molecular weight is 1150 g/mol. The fourth-order valence-corrected chi connectivity index (χ4v) is 7.96. The van der Waals surface area contributed by atoms with Gasteiger partial charge in [-0.3, -0.25) is 33.9 Å². The van der Waals surface area contributed by atoms with Crippen LogP contribution in [-0.2, 0) is 63.6 Å². The Morgan fingerprint density at radius 2 is 1.01 bits per heavy atom. The minimum atomic E-state index is -1.04. The lowest BCUT2D eigenvalue weighted by molar-refractivity contribution is -0.139. The number of pyridine rings is 2. The first-order chi connectivity index (χ1) is 39.4. The zero-order valence-electron chi connectivity index (χ0n) is 45.0. The van der Waals surface area contributed by atoms with Gasteiger partial charge in [0, 0.05) is 75.1 Å². The molecule has 1 saturated heterocycles. The Bertz CT molecular complexity index is 2480. The fourth-order valence-electron chi connectivity index (χ4n) is 7.74. The summed E-state index contributed by atoms with van der Waals surface area (Å²) in [5.74, 6) is -3.18. The van der Waals surface area contributed by atoms with Gasteiger partial charge in [-0.1, -0.05) is 18.2 Å². The van der Waals surface area contributed by atoms with E-state index in [0.29, 0.717) is 134 Å². The van der Waals surface area contributed by atoms with Gasteiger partial charge in [-0.25, -0.2) is 0 Å². The van der Waals surface area contributed by atoms with Crippen LogP contribution in [0.2, 0.25) is 0 Å². The van der Waals surface area contributed by atoms with Gasteiger partial charge in [-0.05, 0) is 60.6 Å². The number of carbonyl (C=O) groups excluding carboxylic acids is 2. The van der Waals surface area contributed by atoms with Crippen molar-refractivity contribution in [1.82, 2.24) is 56.9 Å². The van der Waals surface area contributed by atoms with Crippen LogP contribution in [-0.4, -0.2) is 223 Å². The topological polar surface area (TPSA) is 372 Å². The molecule has 81 heavy (non-hydrogen) atoms. The number of nitrogens with one attached hydrogen (secondary N) is 7. The summed E-state index contributed by atoms with van der Waals surface area (Å²) in [5, 5.41) is 66.4. The van der Waals surface area contributed by atoms with E-state index in [1.807, 2.05) is 30.3 Å². The molecule has 1 fully saturated rings. The van der Waals surface area contributed by atoms with E-state index < -0.39 is 42.1 Å². The van der Waals surface area contributed by atoms with Gasteiger partial charge in [0.15, 0.2) is 5.11 Å². The smallest absolute Gasteiger partial charge is 0.304 e. The van der Waals surface area contributed by atoms with Gasteiger partial charge in [0.2, 0.25) is 23.5 Å². The molecule has 0 bridgehead atoms. The Morgan fingerprint density at radius 3 is 1.53 bits per heavy atom. The van der Waals surface area contributed by atoms with Crippen molar-refractivity contribution in [3.05, 3.63) is 72.6 Å². The normalized spacial score (nSPS) is 16.3. The summed E-state index contributed by atoms with van der Waals surface area (Å²) in [6.07, 6.45) is 2.79. The van der Waals surface area contributed by atoms with Crippen molar-refractivity contribution in [1.29, 1.82) is 0 Å². The predicted molar refractivity (Wildman–Crippen MR) is 296 cm³/mol. The van der Waals surface area contributed by atoms with Gasteiger partial charge in [0.1, 0.15) is 11.4 Å². The van der Waals surface area contributed by atoms with E-state index in [0.717, 1.165) is 11.3 Å². The molecule has 4 unspecified atom stereocenters. The van der Waals surface area contributed by atoms with E-state index >= 15 is 0 Å². The third kappa shape index (κ3) is 28.4. The molecule has 0 radical (unpaired) electrons. The minimum Gasteiger partial charge on any atom is -0.481 e. The number of thiocarbonyl (C=S) groups is 1. The maximum Gasteiger partial charge on any atom is 0.304 e. The standard InChI is InChI=1S/C52H73N13O15S/c66-45(10-11-46(67)60-38-8-9-42(57-33-38)51-64-62-50(63-65-51)41-3-1-2-12-53-41)54-13-15-74-17-19-76-21-23-78-25-27-80-28-26-79-24-22-77-20-18-75-16-14-55-52(81)61-37-6-4-36(5-7-37)29-44-43(32-49(72)73)58-34-39(30-47(68)69)56-35-40(59-44)31-48(70)71/h1-9,12,33,39-40,43-44,56,58-59H,10-11,13-32,34-35H2,(H,54,66)(H,60,67)(H,68,69)(H,70,71)(H,72,73)(H2,55,61,81). The number of ether oxygens (including phenoxy) is 7. The van der Waals surface area contributed by atoms with Crippen LogP contribution in [0.25, 0.3) is 23.0 Å². The lowest BCUT2D eigenvalue weighted by Gasteiger charge is -2.30. The third-order valence-electron chi connectivity index (χ3n) is 11.7. The Kier molecular flexibility index (Phi) is 31.0. The van der Waals surface area contributed by atoms with Crippen molar-refractivity contribution >= 4 is 58.4 Å². The summed E-state index contributed by atoms with van der Waals surface area (Å²) in [6.45, 7) is 6.66. The number of anilines is 2. The van der Waals surface area contributed by atoms with Crippen LogP contribution in [0.3, 0.4) is 0 Å². The van der Waals surface area contributed by atoms with E-state index in [4.69, 9.17) is 45.4 Å². The molecule has 0 aliphatic carbocycles. The molecule has 29 heteroatoms. The maximum atomic E-state index is 12.4. The number of hydrogen-bond acceptors (Lipinski definition) is 22. The molecule has 1 aliphatic heterocycles. The highest BCUT2D eigenvalue weighted by Gasteiger charge is 2.31. The number of nitrogens with zero attached hydrogens (tertiary/aromatic N) is 6. The highest BCUT2D eigenvalue weighted by Crippen LogP contribution is 2.18. The summed E-state index contributed by atoms with van der Waals surface area (Å²) < 4.78 is 38.7. The number of benzene rings is 1. The molecule has 3 aromatic heterocycles. The van der Waals surface area contributed by atoms with Gasteiger partial charge in [0.05, 0.1) is 124 Å². The second kappa shape index (κ2) is 38.7. The lowest BCUT2D eigenvalue weighted by atomic mass is 9.95. The molecule has 5 rings (SSSR count). The van der Waals surface area contributed by atoms with Crippen molar-refractivity contribution in [3.63, 3.8) is 0 Å². The van der Waals surface area contributed by atoms with E-state index in [2.05, 4.69) is 67.6 Å². The molecule has 1 aromatic carbocycles. The van der Waals surface area contributed by atoms with Gasteiger partial charge >= 0.3 is 17.9 Å². The second-order valence-electron chi connectivity index (χ2n) is 18.0. The largest absolute Gasteiger partial charge is 0.481 e. The first kappa shape index (κ1) is 64.9. The Balaban J connectivity index is 0.758. The molecule has 10 N–H and O–H groups in total. The van der Waals surface area contributed by atoms with Gasteiger partial charge in [-0.15, -0.1) is 20.4 Å². The summed E-state index contributed by atoms with van der Waals surface area (Å²) >= 11 is 5.43. The highest BCUT2D eigenvalue weighted by atomic mass is 32.1. The molecular formula is C52H73N13O15S. The highest BCUT2D eigenvalue weighted by molar-refractivity contribution is 7.80. The van der Waals surface area contributed by atoms with Crippen LogP contribution in [0.5, 0.6) is 0 Å². The molecule has 0 spiro atoms. The van der Waals surface area contributed by atoms with Gasteiger partial charge in [-0.2, -0.15) is 0 Å². The number of aromatic nitrogens is 6. The predicted octanol–water partition coefficient (Wildman–Crippen LogP) is 0.552. The molecular weight excluding hydrogens is 1080 g/mol. The zero-order chi connectivity index (χ0) is 57.7. The zero-order valence-corrected chi connectivity index (χ0v) is 45.8. The molecule has 28 nitrogen and oxygen atoms in total. The van der Waals surface area contributed by atoms with Crippen molar-refractivity contribution in [3.8, 4) is 23.0 Å². The Hall–Kier alpha value is -6.90. The number of carboxylic acid groups (broad SMARTS) is 3. The number of carbonyl (C=O) groups is 5. The van der Waals surface area contributed by atoms with Crippen LogP contribution in [0, 0.1) is 0 Å². The Morgan fingerprint density at radius 1 is 0.519 bits per heavy atom. The van der Waals surface area contributed by atoms with Crippen LogP contribution < -0.4 is 37.2 Å². The summed E-state index contributed by atoms with van der Waals surface area (Å²) in [6, 6.07) is 13.9. The van der Waals surface area contributed by atoms with Crippen LogP contribution >= 0.6 is 12.2 Å². The monoisotopic (exact) mass is 1150 g/mol. The molecule has 1 aliphatic rings. The number of amides is 2. The third-order valence-corrected chi connectivity index (χ3v) is 11.9. The first-order valence-corrected chi connectivity index (χ1v) is 26.9. The first-order valence-electron chi connectivity index (χ1n) is 26.5. The quantitative estimate of drug-likeness (QED) is 0.0215. The lowest BCUT2D eigenvalue weighted by Crippen LogP contribution is -2.54. The van der Waals surface area contributed by atoms with Crippen molar-refractivity contribution in [2.75, 3.05) is 129 Å². The fraction of sp³-hybridized carbons (Fsp3) is 0.538. The van der Waals surface area contributed by atoms with Gasteiger partial charge < -0.3 is 85.7 Å². The van der Waals surface area contributed by atoms with Crippen molar-refractivity contribution in [2.45, 2.75) is 62.7 Å². The van der Waals surface area contributed by atoms with E-state index in [1.54, 1.807) is 30.5 Å². The van der Waals surface area contributed by atoms with E-state index in [9.17, 15) is 39.3 Å². The minimum absolute atomic E-state index is 0.00940. The number of aliphatic carboxylic acids is 3. The van der Waals surface area contributed by atoms with E-state index in [-0.39, 0.29) is 68.7 Å².